The Kier molecular flexibility index (Phi) is 7.23. The number of pyridine rings is 1. The minimum atomic E-state index is -0.245. The van der Waals surface area contributed by atoms with Gasteiger partial charge >= 0.3 is 0 Å². The molecule has 0 fully saturated rings. The van der Waals surface area contributed by atoms with Crippen LogP contribution in [-0.4, -0.2) is 43.4 Å². The lowest BCUT2D eigenvalue weighted by Crippen LogP contribution is -3.11. The molecule has 8 nitrogen and oxygen atoms in total. The third kappa shape index (κ3) is 5.19. The standard InChI is InChI=1S/C23H34N6O2/c1-6-9-19(21-25-26-27-29(21)23(3,4)5)28(12-8-13-30)15-18-14-17-11-7-10-16(2)20(17)24-22(18)31/h7,10-11,14,19,30H,6,8-9,12-13,15H2,1-5H3,(H,24,31)/p+1/t19-/m0/s1. The first-order valence-electron chi connectivity index (χ1n) is 11.1. The number of para-hydroxylation sites is 1. The summed E-state index contributed by atoms with van der Waals surface area (Å²) in [7, 11) is 0. The number of H-pyrrole nitrogens is 1. The highest BCUT2D eigenvalue weighted by Crippen LogP contribution is 2.20. The summed E-state index contributed by atoms with van der Waals surface area (Å²) in [6, 6.07) is 8.06. The first kappa shape index (κ1) is 23.1. The fraction of sp³-hybridized carbons (Fsp3) is 0.565. The average molecular weight is 428 g/mol. The predicted molar refractivity (Wildman–Crippen MR) is 121 cm³/mol. The van der Waals surface area contributed by atoms with Crippen LogP contribution in [0, 0.1) is 6.92 Å². The van der Waals surface area contributed by atoms with Gasteiger partial charge in [-0.1, -0.05) is 31.5 Å². The Labute approximate surface area is 183 Å². The summed E-state index contributed by atoms with van der Waals surface area (Å²) in [4.78, 5) is 17.2. The van der Waals surface area contributed by atoms with Gasteiger partial charge in [0.15, 0.2) is 0 Å². The van der Waals surface area contributed by atoms with Crippen molar-refractivity contribution in [2.24, 2.45) is 0 Å². The number of aliphatic hydroxyl groups excluding tert-OH is 1. The van der Waals surface area contributed by atoms with Crippen LogP contribution in [0.1, 0.15) is 70.0 Å². The van der Waals surface area contributed by atoms with Gasteiger partial charge in [-0.05, 0) is 55.1 Å². The largest absolute Gasteiger partial charge is 0.396 e. The Bertz CT molecular complexity index is 1070. The Morgan fingerprint density at radius 1 is 1.29 bits per heavy atom. The van der Waals surface area contributed by atoms with Gasteiger partial charge in [0.1, 0.15) is 12.6 Å². The number of aromatic nitrogens is 5. The molecule has 2 aromatic heterocycles. The molecule has 168 valence electrons. The Hall–Kier alpha value is -2.58. The van der Waals surface area contributed by atoms with Gasteiger partial charge in [0, 0.05) is 19.4 Å². The zero-order valence-corrected chi connectivity index (χ0v) is 19.3. The molecule has 8 heteroatoms. The Balaban J connectivity index is 2.02. The molecule has 0 bridgehead atoms. The SMILES string of the molecule is CCC[C@@H](c1nnnn1C(C)(C)C)[NH+](CCCO)Cc1cc2cccc(C)c2[nH]c1=O. The maximum Gasteiger partial charge on any atom is 0.257 e. The van der Waals surface area contributed by atoms with Crippen LogP contribution >= 0.6 is 0 Å². The number of aromatic amines is 1. The fourth-order valence-electron chi connectivity index (χ4n) is 4.19. The average Bonchev–Trinajstić information content (AvgIpc) is 3.21. The lowest BCUT2D eigenvalue weighted by molar-refractivity contribution is -0.946. The summed E-state index contributed by atoms with van der Waals surface area (Å²) < 4.78 is 1.89. The number of hydrogen-bond acceptors (Lipinski definition) is 5. The van der Waals surface area contributed by atoms with E-state index < -0.39 is 0 Å². The Morgan fingerprint density at radius 3 is 2.74 bits per heavy atom. The molecular formula is C23H35N6O2+. The zero-order chi connectivity index (χ0) is 22.6. The number of benzene rings is 1. The molecule has 0 aliphatic heterocycles. The number of quaternary nitrogens is 1. The van der Waals surface area contributed by atoms with Crippen LogP contribution in [0.25, 0.3) is 10.9 Å². The second-order valence-corrected chi connectivity index (χ2v) is 9.29. The Morgan fingerprint density at radius 2 is 2.06 bits per heavy atom. The molecule has 0 spiro atoms. The number of rotatable bonds is 9. The lowest BCUT2D eigenvalue weighted by atomic mass is 10.0. The molecule has 0 radical (unpaired) electrons. The smallest absolute Gasteiger partial charge is 0.257 e. The van der Waals surface area contributed by atoms with E-state index >= 15 is 0 Å². The topological polar surface area (TPSA) is 101 Å². The zero-order valence-electron chi connectivity index (χ0n) is 19.3. The maximum atomic E-state index is 12.9. The van der Waals surface area contributed by atoms with Gasteiger partial charge < -0.3 is 15.0 Å². The van der Waals surface area contributed by atoms with Gasteiger partial charge in [0.05, 0.1) is 23.2 Å². The summed E-state index contributed by atoms with van der Waals surface area (Å²) >= 11 is 0. The van der Waals surface area contributed by atoms with Crippen molar-refractivity contribution >= 4 is 10.9 Å². The van der Waals surface area contributed by atoms with E-state index in [-0.39, 0.29) is 23.7 Å². The van der Waals surface area contributed by atoms with Gasteiger partial charge in [0.2, 0.25) is 5.82 Å². The highest BCUT2D eigenvalue weighted by atomic mass is 16.3. The summed E-state index contributed by atoms with van der Waals surface area (Å²) in [6.07, 6.45) is 2.51. The molecule has 2 heterocycles. The van der Waals surface area contributed by atoms with Crippen LogP contribution < -0.4 is 10.5 Å². The molecule has 0 saturated carbocycles. The predicted octanol–water partition coefficient (Wildman–Crippen LogP) is 1.89. The van der Waals surface area contributed by atoms with E-state index in [1.54, 1.807) is 0 Å². The van der Waals surface area contributed by atoms with Crippen molar-refractivity contribution in [2.75, 3.05) is 13.2 Å². The molecule has 2 atom stereocenters. The van der Waals surface area contributed by atoms with Crippen molar-refractivity contribution in [3.05, 3.63) is 51.6 Å². The van der Waals surface area contributed by atoms with Gasteiger partial charge in [-0.3, -0.25) is 4.79 Å². The molecule has 0 aliphatic carbocycles. The second-order valence-electron chi connectivity index (χ2n) is 9.29. The van der Waals surface area contributed by atoms with E-state index in [0.29, 0.717) is 13.0 Å². The molecule has 0 saturated heterocycles. The number of nitrogens with zero attached hydrogens (tertiary/aromatic N) is 4. The lowest BCUT2D eigenvalue weighted by Gasteiger charge is -2.30. The van der Waals surface area contributed by atoms with Crippen LogP contribution in [0.4, 0.5) is 0 Å². The van der Waals surface area contributed by atoms with E-state index in [4.69, 9.17) is 0 Å². The van der Waals surface area contributed by atoms with Crippen molar-refractivity contribution in [1.29, 1.82) is 0 Å². The first-order chi connectivity index (χ1) is 14.8. The van der Waals surface area contributed by atoms with Gasteiger partial charge in [-0.25, -0.2) is 4.68 Å². The molecular weight excluding hydrogens is 392 g/mol. The third-order valence-electron chi connectivity index (χ3n) is 5.75. The molecule has 1 unspecified atom stereocenters. The van der Waals surface area contributed by atoms with E-state index in [0.717, 1.165) is 47.2 Å². The monoisotopic (exact) mass is 427 g/mol. The number of nitrogens with one attached hydrogen (secondary N) is 2. The highest BCUT2D eigenvalue weighted by Gasteiger charge is 2.32. The summed E-state index contributed by atoms with van der Waals surface area (Å²) in [5, 5.41) is 23.1. The fourth-order valence-corrected chi connectivity index (χ4v) is 4.19. The van der Waals surface area contributed by atoms with Gasteiger partial charge in [-0.15, -0.1) is 5.10 Å². The van der Waals surface area contributed by atoms with Crippen molar-refractivity contribution in [1.82, 2.24) is 25.2 Å². The van der Waals surface area contributed by atoms with Crippen molar-refractivity contribution < 1.29 is 10.0 Å². The molecule has 3 aromatic rings. The molecule has 0 amide bonds. The molecule has 1 aromatic carbocycles. The third-order valence-corrected chi connectivity index (χ3v) is 5.75. The van der Waals surface area contributed by atoms with Crippen LogP contribution in [-0.2, 0) is 12.1 Å². The molecule has 0 aliphatic rings. The van der Waals surface area contributed by atoms with Crippen LogP contribution in [0.15, 0.2) is 29.1 Å². The van der Waals surface area contributed by atoms with Gasteiger partial charge in [-0.2, -0.15) is 0 Å². The number of tetrazole rings is 1. The molecule has 31 heavy (non-hydrogen) atoms. The van der Waals surface area contributed by atoms with Gasteiger partial charge in [0.25, 0.3) is 5.56 Å². The number of fused-ring (bicyclic) bond motifs is 1. The summed E-state index contributed by atoms with van der Waals surface area (Å²) in [5.74, 6) is 0.829. The maximum absolute atomic E-state index is 12.9. The molecule has 3 rings (SSSR count). The number of aliphatic hydroxyl groups is 1. The van der Waals surface area contributed by atoms with E-state index in [1.807, 2.05) is 35.9 Å². The van der Waals surface area contributed by atoms with Crippen molar-refractivity contribution in [2.45, 2.75) is 72.0 Å². The second kappa shape index (κ2) is 9.70. The normalized spacial score (nSPS) is 14.1. The number of aryl methyl sites for hydroxylation is 1. The quantitative estimate of drug-likeness (QED) is 0.484. The minimum absolute atomic E-state index is 0.0263. The summed E-state index contributed by atoms with van der Waals surface area (Å²) in [6.45, 7) is 11.8. The van der Waals surface area contributed by atoms with E-state index in [2.05, 4.69) is 48.2 Å². The summed E-state index contributed by atoms with van der Waals surface area (Å²) in [5.41, 5.74) is 2.37. The number of hydrogen-bond donors (Lipinski definition) is 3. The highest BCUT2D eigenvalue weighted by molar-refractivity contribution is 5.81. The van der Waals surface area contributed by atoms with Crippen molar-refractivity contribution in [3.8, 4) is 0 Å². The van der Waals surface area contributed by atoms with Crippen LogP contribution in [0.5, 0.6) is 0 Å². The van der Waals surface area contributed by atoms with E-state index in [1.165, 1.54) is 4.90 Å². The van der Waals surface area contributed by atoms with Crippen LogP contribution in [0.3, 0.4) is 0 Å². The minimum Gasteiger partial charge on any atom is -0.396 e. The van der Waals surface area contributed by atoms with E-state index in [9.17, 15) is 9.90 Å². The first-order valence-corrected chi connectivity index (χ1v) is 11.1. The van der Waals surface area contributed by atoms with Crippen molar-refractivity contribution in [3.63, 3.8) is 0 Å². The van der Waals surface area contributed by atoms with Crippen LogP contribution in [0.2, 0.25) is 0 Å². The molecule has 3 N–H and O–H groups in total.